The van der Waals surface area contributed by atoms with Crippen LogP contribution in [0.2, 0.25) is 0 Å². The maximum absolute atomic E-state index is 12.8. The van der Waals surface area contributed by atoms with Gasteiger partial charge in [-0.05, 0) is 32.1 Å². The first-order chi connectivity index (χ1) is 10.1. The largest absolute Gasteiger partial charge is 0.480 e. The second kappa shape index (κ2) is 7.38. The van der Waals surface area contributed by atoms with Crippen LogP contribution < -0.4 is 0 Å². The summed E-state index contributed by atoms with van der Waals surface area (Å²) in [6.07, 6.45) is 5.47. The van der Waals surface area contributed by atoms with E-state index in [9.17, 15) is 14.7 Å². The molecule has 0 spiro atoms. The van der Waals surface area contributed by atoms with Gasteiger partial charge < -0.3 is 10.0 Å². The Labute approximate surface area is 131 Å². The zero-order valence-electron chi connectivity index (χ0n) is 13.0. The van der Waals surface area contributed by atoms with Gasteiger partial charge in [-0.15, -0.1) is 11.8 Å². The van der Waals surface area contributed by atoms with Gasteiger partial charge in [0, 0.05) is 18.8 Å². The number of aliphatic carboxylic acids is 1. The molecule has 1 N–H and O–H groups in total. The highest BCUT2D eigenvalue weighted by molar-refractivity contribution is 8.00. The number of thioether (sulfide) groups is 1. The van der Waals surface area contributed by atoms with Crippen molar-refractivity contribution in [1.82, 2.24) is 9.80 Å². The van der Waals surface area contributed by atoms with Gasteiger partial charge in [-0.25, -0.2) is 9.59 Å². The summed E-state index contributed by atoms with van der Waals surface area (Å²) in [7, 11) is 0. The van der Waals surface area contributed by atoms with Crippen LogP contribution in [0.15, 0.2) is 0 Å². The smallest absolute Gasteiger partial charge is 0.327 e. The third-order valence-electron chi connectivity index (χ3n) is 4.49. The van der Waals surface area contributed by atoms with Crippen LogP contribution in [0.1, 0.15) is 46.0 Å². The summed E-state index contributed by atoms with van der Waals surface area (Å²) in [6.45, 7) is 5.48. The van der Waals surface area contributed by atoms with E-state index < -0.39 is 12.0 Å². The predicted molar refractivity (Wildman–Crippen MR) is 84.4 cm³/mol. The van der Waals surface area contributed by atoms with Crippen molar-refractivity contribution in [2.24, 2.45) is 5.92 Å². The van der Waals surface area contributed by atoms with Crippen molar-refractivity contribution < 1.29 is 14.7 Å². The number of urea groups is 1. The number of nitrogens with zero attached hydrogens (tertiary/aromatic N) is 2. The average molecular weight is 314 g/mol. The third-order valence-corrected chi connectivity index (χ3v) is 5.85. The molecular formula is C15H26N2O3S. The molecule has 1 aliphatic heterocycles. The van der Waals surface area contributed by atoms with Crippen LogP contribution in [0.3, 0.4) is 0 Å². The van der Waals surface area contributed by atoms with Crippen LogP contribution in [0, 0.1) is 5.92 Å². The highest BCUT2D eigenvalue weighted by Crippen LogP contribution is 2.34. The fourth-order valence-corrected chi connectivity index (χ4v) is 4.48. The number of rotatable bonds is 6. The Bertz CT molecular complexity index is 387. The minimum absolute atomic E-state index is 0.0130. The van der Waals surface area contributed by atoms with Gasteiger partial charge >= 0.3 is 12.0 Å². The third kappa shape index (κ3) is 3.65. The number of hydrogen-bond acceptors (Lipinski definition) is 3. The second-order valence-electron chi connectivity index (χ2n) is 5.96. The average Bonchev–Trinajstić information content (AvgIpc) is 2.81. The molecule has 1 heterocycles. The molecule has 1 aliphatic carbocycles. The highest BCUT2D eigenvalue weighted by atomic mass is 32.2. The molecule has 21 heavy (non-hydrogen) atoms. The van der Waals surface area contributed by atoms with Crippen molar-refractivity contribution in [2.75, 3.05) is 18.8 Å². The van der Waals surface area contributed by atoms with E-state index >= 15 is 0 Å². The molecule has 120 valence electrons. The molecule has 0 aromatic heterocycles. The summed E-state index contributed by atoms with van der Waals surface area (Å²) in [6, 6.07) is -0.755. The molecule has 2 unspecified atom stereocenters. The molecule has 1 saturated carbocycles. The van der Waals surface area contributed by atoms with Crippen LogP contribution in [0.25, 0.3) is 0 Å². The Morgan fingerprint density at radius 3 is 2.52 bits per heavy atom. The molecule has 0 aromatic rings. The first-order valence-corrected chi connectivity index (χ1v) is 9.05. The molecule has 2 fully saturated rings. The quantitative estimate of drug-likeness (QED) is 0.819. The van der Waals surface area contributed by atoms with Gasteiger partial charge in [-0.1, -0.05) is 19.8 Å². The highest BCUT2D eigenvalue weighted by Gasteiger charge is 2.43. The molecule has 0 aromatic carbocycles. The van der Waals surface area contributed by atoms with Crippen molar-refractivity contribution in [2.45, 2.75) is 57.4 Å². The first kappa shape index (κ1) is 16.5. The molecule has 1 saturated heterocycles. The van der Waals surface area contributed by atoms with Crippen molar-refractivity contribution in [3.63, 3.8) is 0 Å². The lowest BCUT2D eigenvalue weighted by Gasteiger charge is -2.36. The topological polar surface area (TPSA) is 60.9 Å². The summed E-state index contributed by atoms with van der Waals surface area (Å²) < 4.78 is 0. The van der Waals surface area contributed by atoms with Gasteiger partial charge in [0.25, 0.3) is 0 Å². The Morgan fingerprint density at radius 1 is 1.33 bits per heavy atom. The van der Waals surface area contributed by atoms with E-state index in [-0.39, 0.29) is 11.4 Å². The van der Waals surface area contributed by atoms with Gasteiger partial charge in [0.2, 0.25) is 0 Å². The molecule has 2 rings (SSSR count). The maximum atomic E-state index is 12.8. The normalized spacial score (nSPS) is 25.7. The van der Waals surface area contributed by atoms with Crippen molar-refractivity contribution >= 4 is 23.8 Å². The Hall–Kier alpha value is -0.910. The zero-order valence-corrected chi connectivity index (χ0v) is 13.8. The van der Waals surface area contributed by atoms with Crippen molar-refractivity contribution in [1.29, 1.82) is 0 Å². The number of carboxylic acids is 1. The van der Waals surface area contributed by atoms with Crippen LogP contribution in [-0.4, -0.2) is 57.2 Å². The monoisotopic (exact) mass is 314 g/mol. The van der Waals surface area contributed by atoms with Gasteiger partial charge in [0.1, 0.15) is 6.04 Å². The van der Waals surface area contributed by atoms with Gasteiger partial charge in [0.15, 0.2) is 0 Å². The minimum Gasteiger partial charge on any atom is -0.480 e. The summed E-state index contributed by atoms with van der Waals surface area (Å²) in [5, 5.41) is 9.40. The van der Waals surface area contributed by atoms with Crippen LogP contribution in [0.4, 0.5) is 4.79 Å². The van der Waals surface area contributed by atoms with E-state index in [0.717, 1.165) is 19.4 Å². The van der Waals surface area contributed by atoms with Gasteiger partial charge in [-0.3, -0.25) is 4.90 Å². The lowest BCUT2D eigenvalue weighted by Crippen LogP contribution is -2.52. The summed E-state index contributed by atoms with van der Waals surface area (Å²) in [5.41, 5.74) is 0. The fourth-order valence-electron chi connectivity index (χ4n) is 2.97. The lowest BCUT2D eigenvalue weighted by molar-refractivity contribution is -0.141. The Kier molecular flexibility index (Phi) is 5.79. The maximum Gasteiger partial charge on any atom is 0.327 e. The second-order valence-corrected chi connectivity index (χ2v) is 7.17. The number of hydrogen-bond donors (Lipinski definition) is 1. The van der Waals surface area contributed by atoms with E-state index in [4.69, 9.17) is 0 Å². The van der Waals surface area contributed by atoms with Crippen molar-refractivity contribution in [3.8, 4) is 0 Å². The Morgan fingerprint density at radius 2 is 2.05 bits per heavy atom. The van der Waals surface area contributed by atoms with E-state index in [1.54, 1.807) is 16.7 Å². The minimum atomic E-state index is -0.880. The molecular weight excluding hydrogens is 288 g/mol. The number of amides is 2. The molecule has 6 heteroatoms. The fraction of sp³-hybridized carbons (Fsp3) is 0.867. The van der Waals surface area contributed by atoms with E-state index in [2.05, 4.69) is 6.92 Å². The molecule has 0 bridgehead atoms. The predicted octanol–water partition coefficient (Wildman–Crippen LogP) is 2.86. The van der Waals surface area contributed by atoms with Crippen molar-refractivity contribution in [3.05, 3.63) is 0 Å². The van der Waals surface area contributed by atoms with Crippen LogP contribution >= 0.6 is 11.8 Å². The van der Waals surface area contributed by atoms with E-state index in [1.807, 2.05) is 11.8 Å². The lowest BCUT2D eigenvalue weighted by atomic mass is 9.85. The summed E-state index contributed by atoms with van der Waals surface area (Å²) >= 11 is 1.60. The molecule has 2 atom stereocenters. The zero-order chi connectivity index (χ0) is 15.4. The molecule has 2 amide bonds. The Balaban J connectivity index is 2.08. The number of carboxylic acid groups (broad SMARTS) is 1. The number of carbonyl (C=O) groups is 2. The number of carbonyl (C=O) groups excluding carboxylic acids is 1. The summed E-state index contributed by atoms with van der Waals surface area (Å²) in [5.74, 6) is 0.235. The van der Waals surface area contributed by atoms with Gasteiger partial charge in [-0.2, -0.15) is 0 Å². The molecule has 0 radical (unpaired) electrons. The van der Waals surface area contributed by atoms with E-state index in [0.29, 0.717) is 18.2 Å². The van der Waals surface area contributed by atoms with Crippen LogP contribution in [-0.2, 0) is 4.79 Å². The SMILES string of the molecule is CCCC1SCC(C(=O)O)N1C(=O)N(CC)CC1CCC1. The summed E-state index contributed by atoms with van der Waals surface area (Å²) in [4.78, 5) is 27.7. The molecule has 2 aliphatic rings. The van der Waals surface area contributed by atoms with Gasteiger partial charge in [0.05, 0.1) is 5.37 Å². The van der Waals surface area contributed by atoms with E-state index in [1.165, 1.54) is 19.3 Å². The molecule has 5 nitrogen and oxygen atoms in total. The first-order valence-electron chi connectivity index (χ1n) is 8.00. The van der Waals surface area contributed by atoms with Crippen LogP contribution in [0.5, 0.6) is 0 Å². The standard InChI is InChI=1S/C15H26N2O3S/c1-3-6-13-17(12(10-21-13)14(18)19)15(20)16(4-2)9-11-7-5-8-11/h11-13H,3-10H2,1-2H3,(H,18,19).